The molecule has 19 heavy (non-hydrogen) atoms. The van der Waals surface area contributed by atoms with E-state index in [1.165, 1.54) is 0 Å². The van der Waals surface area contributed by atoms with Gasteiger partial charge in [0.05, 0.1) is 5.39 Å². The highest BCUT2D eigenvalue weighted by Gasteiger charge is 2.26. The van der Waals surface area contributed by atoms with Crippen molar-refractivity contribution < 1.29 is 19.0 Å². The topological polar surface area (TPSA) is 92.3 Å². The summed E-state index contributed by atoms with van der Waals surface area (Å²) in [6.45, 7) is 5.34. The number of anilines is 1. The second-order valence-electron chi connectivity index (χ2n) is 5.23. The fourth-order valence-corrected chi connectivity index (χ4v) is 1.63. The molecule has 0 amide bonds. The summed E-state index contributed by atoms with van der Waals surface area (Å²) in [5.74, 6) is -4.95. The summed E-state index contributed by atoms with van der Waals surface area (Å²) in [6.07, 6.45) is 0. The molecule has 2 aromatic rings. The van der Waals surface area contributed by atoms with Gasteiger partial charge in [-0.05, 0) is 0 Å². The van der Waals surface area contributed by atoms with E-state index in [1.807, 2.05) is 0 Å². The number of aromatic nitrogens is 2. The van der Waals surface area contributed by atoms with Crippen LogP contribution in [0.5, 0.6) is 11.5 Å². The monoisotopic (exact) mass is 269 g/mol. The Balaban J connectivity index is 2.97. The summed E-state index contributed by atoms with van der Waals surface area (Å²) in [4.78, 5) is 7.80. The van der Waals surface area contributed by atoms with Gasteiger partial charge in [-0.3, -0.25) is 0 Å². The molecule has 0 aliphatic rings. The summed E-state index contributed by atoms with van der Waals surface area (Å²) in [7, 11) is 0. The first-order valence-electron chi connectivity index (χ1n) is 5.51. The van der Waals surface area contributed by atoms with Crippen LogP contribution in [0.4, 0.5) is 14.6 Å². The minimum Gasteiger partial charge on any atom is -0.502 e. The molecule has 1 aromatic heterocycles. The molecule has 0 radical (unpaired) electrons. The molecular weight excluding hydrogens is 256 g/mol. The molecular formula is C12H13F2N3O2. The second kappa shape index (κ2) is 3.91. The van der Waals surface area contributed by atoms with Gasteiger partial charge in [0.2, 0.25) is 0 Å². The summed E-state index contributed by atoms with van der Waals surface area (Å²) >= 11 is 0. The Morgan fingerprint density at radius 3 is 2.05 bits per heavy atom. The SMILES string of the molecule is CC(C)(C)c1nc(N)c2c(F)c(O)c(O)c(F)c2n1. The maximum Gasteiger partial charge on any atom is 0.199 e. The number of nitrogen functional groups attached to an aromatic ring is 1. The Bertz CT molecular complexity index is 681. The van der Waals surface area contributed by atoms with Crippen molar-refractivity contribution in [3.05, 3.63) is 17.5 Å². The minimum absolute atomic E-state index is 0.209. The Labute approximate surface area is 107 Å². The van der Waals surface area contributed by atoms with E-state index >= 15 is 0 Å². The fourth-order valence-electron chi connectivity index (χ4n) is 1.63. The van der Waals surface area contributed by atoms with Gasteiger partial charge in [0, 0.05) is 5.41 Å². The zero-order chi connectivity index (χ0) is 14.5. The van der Waals surface area contributed by atoms with E-state index < -0.39 is 39.5 Å². The van der Waals surface area contributed by atoms with Gasteiger partial charge < -0.3 is 15.9 Å². The van der Waals surface area contributed by atoms with Crippen LogP contribution in [0.1, 0.15) is 26.6 Å². The number of fused-ring (bicyclic) bond motifs is 1. The zero-order valence-corrected chi connectivity index (χ0v) is 10.6. The third kappa shape index (κ3) is 1.91. The highest BCUT2D eigenvalue weighted by molar-refractivity contribution is 5.92. The van der Waals surface area contributed by atoms with Crippen molar-refractivity contribution in [2.45, 2.75) is 26.2 Å². The van der Waals surface area contributed by atoms with Crippen molar-refractivity contribution in [1.82, 2.24) is 9.97 Å². The maximum absolute atomic E-state index is 13.9. The summed E-state index contributed by atoms with van der Waals surface area (Å²) in [5.41, 5.74) is 4.61. The van der Waals surface area contributed by atoms with Gasteiger partial charge in [-0.25, -0.2) is 18.7 Å². The molecule has 7 heteroatoms. The third-order valence-electron chi connectivity index (χ3n) is 2.68. The van der Waals surface area contributed by atoms with E-state index in [9.17, 15) is 19.0 Å². The van der Waals surface area contributed by atoms with Crippen molar-refractivity contribution in [1.29, 1.82) is 0 Å². The summed E-state index contributed by atoms with van der Waals surface area (Å²) in [6, 6.07) is 0. The molecule has 0 unspecified atom stereocenters. The smallest absolute Gasteiger partial charge is 0.199 e. The molecule has 102 valence electrons. The molecule has 0 saturated heterocycles. The number of nitrogens with zero attached hydrogens (tertiary/aromatic N) is 2. The molecule has 0 bridgehead atoms. The van der Waals surface area contributed by atoms with Crippen LogP contribution >= 0.6 is 0 Å². The van der Waals surface area contributed by atoms with Crippen molar-refractivity contribution in [2.24, 2.45) is 0 Å². The van der Waals surface area contributed by atoms with Crippen LogP contribution in [0, 0.1) is 11.6 Å². The molecule has 0 aliphatic carbocycles. The molecule has 0 atom stereocenters. The van der Waals surface area contributed by atoms with Crippen LogP contribution in [0.3, 0.4) is 0 Å². The van der Waals surface area contributed by atoms with Crippen LogP contribution in [0.25, 0.3) is 10.9 Å². The zero-order valence-electron chi connectivity index (χ0n) is 10.6. The van der Waals surface area contributed by atoms with Gasteiger partial charge in [-0.15, -0.1) is 0 Å². The molecule has 0 aliphatic heterocycles. The van der Waals surface area contributed by atoms with E-state index in [0.29, 0.717) is 0 Å². The summed E-state index contributed by atoms with van der Waals surface area (Å²) in [5, 5.41) is 18.1. The van der Waals surface area contributed by atoms with E-state index in [2.05, 4.69) is 9.97 Å². The van der Waals surface area contributed by atoms with Gasteiger partial charge in [0.25, 0.3) is 0 Å². The molecule has 2 rings (SSSR count). The van der Waals surface area contributed by atoms with Gasteiger partial charge in [0.15, 0.2) is 23.1 Å². The highest BCUT2D eigenvalue weighted by Crippen LogP contribution is 2.39. The van der Waals surface area contributed by atoms with Gasteiger partial charge >= 0.3 is 0 Å². The number of hydrogen-bond acceptors (Lipinski definition) is 5. The quantitative estimate of drug-likeness (QED) is 0.637. The first-order valence-corrected chi connectivity index (χ1v) is 5.51. The number of hydrogen-bond donors (Lipinski definition) is 3. The molecule has 0 saturated carbocycles. The van der Waals surface area contributed by atoms with Crippen LogP contribution < -0.4 is 5.73 Å². The number of phenols is 2. The Morgan fingerprint density at radius 1 is 1.00 bits per heavy atom. The maximum atomic E-state index is 13.9. The fraction of sp³-hybridized carbons (Fsp3) is 0.333. The Morgan fingerprint density at radius 2 is 1.53 bits per heavy atom. The van der Waals surface area contributed by atoms with E-state index in [0.717, 1.165) is 0 Å². The van der Waals surface area contributed by atoms with Crippen LogP contribution in [-0.2, 0) is 5.41 Å². The number of halogens is 2. The standard InChI is InChI=1S/C12H13F2N3O2/c1-12(2,3)11-16-7-4(10(15)17-11)5(13)8(18)9(19)6(7)14/h18-19H,1-3H3,(H2,15,16,17). The molecule has 4 N–H and O–H groups in total. The largest absolute Gasteiger partial charge is 0.502 e. The predicted molar refractivity (Wildman–Crippen MR) is 65.9 cm³/mol. The summed E-state index contributed by atoms with van der Waals surface area (Å²) < 4.78 is 27.7. The van der Waals surface area contributed by atoms with Crippen LogP contribution in [0.2, 0.25) is 0 Å². The lowest BCUT2D eigenvalue weighted by atomic mass is 9.95. The van der Waals surface area contributed by atoms with Crippen LogP contribution in [-0.4, -0.2) is 20.2 Å². The normalized spacial score (nSPS) is 12.1. The minimum atomic E-state index is -1.24. The lowest BCUT2D eigenvalue weighted by Gasteiger charge is -2.18. The van der Waals surface area contributed by atoms with E-state index in [-0.39, 0.29) is 11.6 Å². The van der Waals surface area contributed by atoms with Crippen molar-refractivity contribution in [3.63, 3.8) is 0 Å². The van der Waals surface area contributed by atoms with Crippen molar-refractivity contribution >= 4 is 16.7 Å². The van der Waals surface area contributed by atoms with Crippen LogP contribution in [0.15, 0.2) is 0 Å². The van der Waals surface area contributed by atoms with Gasteiger partial charge in [0.1, 0.15) is 17.2 Å². The van der Waals surface area contributed by atoms with Gasteiger partial charge in [-0.1, -0.05) is 20.8 Å². The van der Waals surface area contributed by atoms with Crippen molar-refractivity contribution in [2.75, 3.05) is 5.73 Å². The number of nitrogens with two attached hydrogens (primary N) is 1. The lowest BCUT2D eigenvalue weighted by Crippen LogP contribution is -2.17. The highest BCUT2D eigenvalue weighted by atomic mass is 19.1. The second-order valence-corrected chi connectivity index (χ2v) is 5.23. The number of benzene rings is 1. The lowest BCUT2D eigenvalue weighted by molar-refractivity contribution is 0.362. The molecule has 5 nitrogen and oxygen atoms in total. The number of rotatable bonds is 0. The molecule has 0 spiro atoms. The first kappa shape index (κ1) is 13.3. The predicted octanol–water partition coefficient (Wildman–Crippen LogP) is 2.20. The Hall–Kier alpha value is -2.18. The average molecular weight is 269 g/mol. The van der Waals surface area contributed by atoms with Gasteiger partial charge in [-0.2, -0.15) is 0 Å². The Kier molecular flexibility index (Phi) is 2.73. The molecule has 1 heterocycles. The van der Waals surface area contributed by atoms with E-state index in [4.69, 9.17) is 5.73 Å². The number of aromatic hydroxyl groups is 2. The van der Waals surface area contributed by atoms with Crippen molar-refractivity contribution in [3.8, 4) is 11.5 Å². The first-order chi connectivity index (χ1) is 8.64. The average Bonchev–Trinajstić information content (AvgIpc) is 2.31. The van der Waals surface area contributed by atoms with E-state index in [1.54, 1.807) is 20.8 Å². The number of phenolic OH excluding ortho intramolecular Hbond substituents is 2. The third-order valence-corrected chi connectivity index (χ3v) is 2.68. The molecule has 0 fully saturated rings. The molecule has 1 aromatic carbocycles.